The van der Waals surface area contributed by atoms with Crippen molar-refractivity contribution in [3.63, 3.8) is 0 Å². The molecular formula is C54H55IrN3OSi2-2. The molecule has 0 N–H and O–H groups in total. The van der Waals surface area contributed by atoms with Gasteiger partial charge in [0.2, 0.25) is 0 Å². The number of pyridine rings is 1. The van der Waals surface area contributed by atoms with E-state index in [2.05, 4.69) is 192 Å². The quantitative estimate of drug-likeness (QED) is 0.113. The molecule has 0 atom stereocenters. The van der Waals surface area contributed by atoms with Crippen LogP contribution in [0.3, 0.4) is 0 Å². The minimum absolute atomic E-state index is 0. The van der Waals surface area contributed by atoms with Gasteiger partial charge in [-0.1, -0.05) is 162 Å². The van der Waals surface area contributed by atoms with E-state index in [9.17, 15) is 0 Å². The first kappa shape index (κ1) is 43.9. The molecule has 6 aromatic carbocycles. The number of imidazole rings is 1. The summed E-state index contributed by atoms with van der Waals surface area (Å²) in [6.45, 7) is 23.2. The number of furan rings is 1. The van der Waals surface area contributed by atoms with Gasteiger partial charge in [-0.2, -0.15) is 0 Å². The van der Waals surface area contributed by atoms with E-state index >= 15 is 0 Å². The molecule has 0 fully saturated rings. The molecule has 7 heteroatoms. The Hall–Kier alpha value is -5.18. The number of aromatic nitrogens is 3. The van der Waals surface area contributed by atoms with Crippen LogP contribution in [0.4, 0.5) is 0 Å². The molecule has 1 radical (unpaired) electrons. The number of hydrogen-bond donors (Lipinski definition) is 0. The molecule has 0 unspecified atom stereocenters. The summed E-state index contributed by atoms with van der Waals surface area (Å²) >= 11 is 0. The molecule has 0 aliphatic heterocycles. The molecule has 3 heterocycles. The molecule has 9 aromatic rings. The maximum atomic E-state index is 6.74. The molecule has 61 heavy (non-hydrogen) atoms. The third kappa shape index (κ3) is 8.94. The van der Waals surface area contributed by atoms with E-state index in [1.54, 1.807) is 0 Å². The minimum atomic E-state index is -1.35. The van der Waals surface area contributed by atoms with Gasteiger partial charge in [0.05, 0.1) is 38.6 Å². The SMILES string of the molecule is CC(C)c1cccc(C(C)C)c1-n1c(-c2[c-]ccc3c2oc2cc(-c4ccc([Si](C)(C)C)cc4)ccc23)nc2ccccc21.C[Si](C)(C)c1ccc(-c2[c-]cccc2)nc1.[Ir]. The van der Waals surface area contributed by atoms with Crippen molar-refractivity contribution in [2.75, 3.05) is 0 Å². The molecule has 4 nitrogen and oxygen atoms in total. The van der Waals surface area contributed by atoms with E-state index in [1.165, 1.54) is 32.8 Å². The normalized spacial score (nSPS) is 11.9. The first-order valence-electron chi connectivity index (χ1n) is 21.2. The predicted octanol–water partition coefficient (Wildman–Crippen LogP) is 13.9. The van der Waals surface area contributed by atoms with Crippen molar-refractivity contribution in [3.8, 4) is 39.5 Å². The molecular weight excluding hydrogens is 955 g/mol. The second kappa shape index (κ2) is 17.7. The van der Waals surface area contributed by atoms with Gasteiger partial charge in [-0.25, -0.2) is 0 Å². The molecule has 0 amide bonds. The van der Waals surface area contributed by atoms with Crippen molar-refractivity contribution in [2.24, 2.45) is 0 Å². The first-order valence-corrected chi connectivity index (χ1v) is 28.2. The molecule has 311 valence electrons. The van der Waals surface area contributed by atoms with Gasteiger partial charge in [-0.3, -0.25) is 4.98 Å². The molecule has 9 rings (SSSR count). The molecule has 0 aliphatic rings. The number of hydrogen-bond acceptors (Lipinski definition) is 3. The molecule has 0 bridgehead atoms. The summed E-state index contributed by atoms with van der Waals surface area (Å²) in [5.74, 6) is 1.55. The Balaban J connectivity index is 0.000000278. The van der Waals surface area contributed by atoms with Gasteiger partial charge in [0.1, 0.15) is 5.58 Å². The second-order valence-corrected chi connectivity index (χ2v) is 28.7. The zero-order valence-electron chi connectivity index (χ0n) is 37.0. The van der Waals surface area contributed by atoms with E-state index in [1.807, 2.05) is 36.5 Å². The minimum Gasteiger partial charge on any atom is -0.501 e. The van der Waals surface area contributed by atoms with E-state index in [-0.39, 0.29) is 20.1 Å². The van der Waals surface area contributed by atoms with Gasteiger partial charge < -0.3 is 14.0 Å². The largest absolute Gasteiger partial charge is 0.501 e. The van der Waals surface area contributed by atoms with Crippen LogP contribution >= 0.6 is 0 Å². The van der Waals surface area contributed by atoms with Gasteiger partial charge >= 0.3 is 0 Å². The third-order valence-corrected chi connectivity index (χ3v) is 15.6. The fourth-order valence-electron chi connectivity index (χ4n) is 7.99. The smallest absolute Gasteiger partial charge is 0.121 e. The van der Waals surface area contributed by atoms with Crippen LogP contribution in [-0.4, -0.2) is 30.7 Å². The monoisotopic (exact) mass is 1010 g/mol. The molecule has 0 saturated heterocycles. The summed E-state index contributed by atoms with van der Waals surface area (Å²) < 4.78 is 9.09. The van der Waals surface area contributed by atoms with E-state index in [4.69, 9.17) is 9.40 Å². The number of fused-ring (bicyclic) bond motifs is 4. The summed E-state index contributed by atoms with van der Waals surface area (Å²) in [5.41, 5.74) is 12.9. The van der Waals surface area contributed by atoms with Crippen LogP contribution in [0.2, 0.25) is 39.3 Å². The summed E-state index contributed by atoms with van der Waals surface area (Å²) in [5, 5.41) is 5.04. The van der Waals surface area contributed by atoms with Crippen LogP contribution in [0, 0.1) is 12.1 Å². The van der Waals surface area contributed by atoms with E-state index in [0.29, 0.717) is 11.8 Å². The first-order chi connectivity index (χ1) is 28.7. The van der Waals surface area contributed by atoms with Gasteiger partial charge in [0.25, 0.3) is 0 Å². The van der Waals surface area contributed by atoms with E-state index < -0.39 is 16.1 Å². The molecule has 0 spiro atoms. The third-order valence-electron chi connectivity index (χ3n) is 11.5. The Labute approximate surface area is 377 Å². The fraction of sp³-hybridized carbons (Fsp3) is 0.222. The predicted molar refractivity (Wildman–Crippen MR) is 261 cm³/mol. The van der Waals surface area contributed by atoms with Gasteiger partial charge in [0, 0.05) is 37.4 Å². The number of nitrogens with zero attached hydrogens (tertiary/aromatic N) is 3. The Bertz CT molecular complexity index is 2910. The van der Waals surface area contributed by atoms with Crippen LogP contribution < -0.4 is 10.4 Å². The number of benzene rings is 6. The van der Waals surface area contributed by atoms with E-state index in [0.717, 1.165) is 61.2 Å². The van der Waals surface area contributed by atoms with Crippen molar-refractivity contribution in [3.05, 3.63) is 163 Å². The maximum absolute atomic E-state index is 6.74. The zero-order chi connectivity index (χ0) is 42.3. The standard InChI is InChI=1S/C40H39N2OSi.C14H16NSi.Ir/c1-25(2)30-12-10-13-31(26(3)4)38(30)42-36-17-9-8-16-35(36)41-40(42)34-15-11-14-33-32-23-20-28(24-37(32)43-39(33)34)27-18-21-29(22-19-27)44(5,6)7;1-16(2,3)13-9-10-14(15-11-13)12-7-5-4-6-8-12;/h8-14,16-26H,1-7H3;4-7,9-11H,1-3H3;/q2*-1;. The fourth-order valence-corrected chi connectivity index (χ4v) is 10.2. The van der Waals surface area contributed by atoms with Gasteiger partial charge in [0.15, 0.2) is 0 Å². The summed E-state index contributed by atoms with van der Waals surface area (Å²) in [4.78, 5) is 9.77. The Kier molecular flexibility index (Phi) is 12.7. The zero-order valence-corrected chi connectivity index (χ0v) is 41.4. The summed E-state index contributed by atoms with van der Waals surface area (Å²) in [6, 6.07) is 53.9. The topological polar surface area (TPSA) is 43.9 Å². The van der Waals surface area contributed by atoms with Crippen LogP contribution in [0.15, 0.2) is 144 Å². The average Bonchev–Trinajstić information content (AvgIpc) is 3.82. The van der Waals surface area contributed by atoms with Crippen molar-refractivity contribution in [2.45, 2.75) is 78.8 Å². The molecule has 0 saturated carbocycles. The van der Waals surface area contributed by atoms with Crippen molar-refractivity contribution < 1.29 is 24.5 Å². The van der Waals surface area contributed by atoms with Crippen LogP contribution in [0.25, 0.3) is 72.4 Å². The van der Waals surface area contributed by atoms with Gasteiger partial charge in [-0.05, 0) is 63.2 Å². The van der Waals surface area contributed by atoms with Crippen molar-refractivity contribution in [1.29, 1.82) is 0 Å². The average molecular weight is 1010 g/mol. The van der Waals surface area contributed by atoms with Crippen LogP contribution in [-0.2, 0) is 20.1 Å². The van der Waals surface area contributed by atoms with Crippen LogP contribution in [0.1, 0.15) is 50.7 Å². The maximum Gasteiger partial charge on any atom is 0.121 e. The molecule has 0 aliphatic carbocycles. The van der Waals surface area contributed by atoms with Crippen molar-refractivity contribution in [1.82, 2.24) is 14.5 Å². The summed E-state index contributed by atoms with van der Waals surface area (Å²) in [7, 11) is -2.58. The molecule has 3 aromatic heterocycles. The summed E-state index contributed by atoms with van der Waals surface area (Å²) in [6.07, 6.45) is 2.02. The Morgan fingerprint density at radius 3 is 1.89 bits per heavy atom. The van der Waals surface area contributed by atoms with Crippen molar-refractivity contribution >= 4 is 59.5 Å². The van der Waals surface area contributed by atoms with Gasteiger partial charge in [-0.15, -0.1) is 54.1 Å². The Morgan fingerprint density at radius 1 is 0.607 bits per heavy atom. The Morgan fingerprint density at radius 2 is 1.26 bits per heavy atom. The second-order valence-electron chi connectivity index (χ2n) is 18.5. The number of para-hydroxylation sites is 3. The number of rotatable bonds is 8. The van der Waals surface area contributed by atoms with Crippen LogP contribution in [0.5, 0.6) is 0 Å².